The predicted molar refractivity (Wildman–Crippen MR) is 87.1 cm³/mol. The van der Waals surface area contributed by atoms with Crippen LogP contribution >= 0.6 is 23.1 Å². The summed E-state index contributed by atoms with van der Waals surface area (Å²) in [6, 6.07) is 3.99. The van der Waals surface area contributed by atoms with Crippen LogP contribution in [0.4, 0.5) is 5.82 Å². The molecule has 0 atom stereocenters. The zero-order valence-corrected chi connectivity index (χ0v) is 13.1. The highest BCUT2D eigenvalue weighted by atomic mass is 32.2. The van der Waals surface area contributed by atoms with Crippen molar-refractivity contribution in [3.05, 3.63) is 47.4 Å². The van der Waals surface area contributed by atoms with Gasteiger partial charge >= 0.3 is 0 Å². The van der Waals surface area contributed by atoms with Gasteiger partial charge in [0.05, 0.1) is 12.3 Å². The van der Waals surface area contributed by atoms with Crippen molar-refractivity contribution in [2.75, 3.05) is 18.0 Å². The lowest BCUT2D eigenvalue weighted by Gasteiger charge is -2.20. The lowest BCUT2D eigenvalue weighted by Crippen LogP contribution is -2.31. The van der Waals surface area contributed by atoms with Crippen molar-refractivity contribution in [2.24, 2.45) is 0 Å². The molecule has 0 unspecified atom stereocenters. The van der Waals surface area contributed by atoms with E-state index in [0.717, 1.165) is 4.88 Å². The second-order valence-corrected chi connectivity index (χ2v) is 6.17. The van der Waals surface area contributed by atoms with Gasteiger partial charge in [0, 0.05) is 23.8 Å². The Balaban J connectivity index is 1.95. The monoisotopic (exact) mass is 320 g/mol. The molecule has 2 aromatic rings. The zero-order valence-electron chi connectivity index (χ0n) is 11.4. The Hall–Kier alpha value is -1.86. The zero-order chi connectivity index (χ0) is 15.1. The number of carbonyl (C=O) groups is 1. The maximum atomic E-state index is 12.3. The summed E-state index contributed by atoms with van der Waals surface area (Å²) in [7, 11) is 0. The van der Waals surface area contributed by atoms with E-state index >= 15 is 0 Å². The van der Waals surface area contributed by atoms with E-state index in [4.69, 9.17) is 5.73 Å². The van der Waals surface area contributed by atoms with E-state index in [1.165, 1.54) is 18.0 Å². The molecule has 2 N–H and O–H groups in total. The summed E-state index contributed by atoms with van der Waals surface area (Å²) in [5.74, 6) is 0.657. The average molecular weight is 320 g/mol. The quantitative estimate of drug-likeness (QED) is 0.626. The number of nitrogens with two attached hydrogens (primary N) is 1. The standard InChI is InChI=1S/C14H16N4OS2/c1-2-7-18(9-11-4-3-8-20-11)12(19)10-21-14-13(15)16-5-6-17-14/h2-6,8H,1,7,9-10H2,(H2,15,16). The van der Waals surface area contributed by atoms with E-state index in [9.17, 15) is 4.79 Å². The Kier molecular flexibility index (Phi) is 5.77. The summed E-state index contributed by atoms with van der Waals surface area (Å²) in [5.41, 5.74) is 5.72. The molecule has 5 nitrogen and oxygen atoms in total. The van der Waals surface area contributed by atoms with Gasteiger partial charge in [-0.3, -0.25) is 4.79 Å². The first-order valence-corrected chi connectivity index (χ1v) is 8.17. The molecule has 21 heavy (non-hydrogen) atoms. The molecule has 2 heterocycles. The second kappa shape index (κ2) is 7.80. The van der Waals surface area contributed by atoms with E-state index < -0.39 is 0 Å². The normalized spacial score (nSPS) is 10.3. The molecule has 1 amide bonds. The van der Waals surface area contributed by atoms with Crippen LogP contribution in [-0.4, -0.2) is 33.1 Å². The van der Waals surface area contributed by atoms with Crippen LogP contribution in [0.5, 0.6) is 0 Å². The summed E-state index contributed by atoms with van der Waals surface area (Å²) < 4.78 is 0. The molecule has 0 bridgehead atoms. The Morgan fingerprint density at radius 1 is 1.48 bits per heavy atom. The van der Waals surface area contributed by atoms with E-state index in [1.54, 1.807) is 28.5 Å². The largest absolute Gasteiger partial charge is 0.381 e. The summed E-state index contributed by atoms with van der Waals surface area (Å²) >= 11 is 2.94. The van der Waals surface area contributed by atoms with Crippen molar-refractivity contribution < 1.29 is 4.79 Å². The highest BCUT2D eigenvalue weighted by Gasteiger charge is 2.15. The predicted octanol–water partition coefficient (Wildman–Crippen LogP) is 2.43. The summed E-state index contributed by atoms with van der Waals surface area (Å²) in [4.78, 5) is 23.3. The third-order valence-electron chi connectivity index (χ3n) is 2.65. The van der Waals surface area contributed by atoms with E-state index in [2.05, 4.69) is 16.5 Å². The first kappa shape index (κ1) is 15.5. The molecule has 0 aromatic carbocycles. The second-order valence-electron chi connectivity index (χ2n) is 4.18. The van der Waals surface area contributed by atoms with Gasteiger partial charge in [-0.1, -0.05) is 23.9 Å². The first-order valence-electron chi connectivity index (χ1n) is 6.31. The molecule has 110 valence electrons. The molecule has 7 heteroatoms. The number of aromatic nitrogens is 2. The van der Waals surface area contributed by atoms with E-state index in [1.807, 2.05) is 17.5 Å². The Morgan fingerprint density at radius 2 is 2.29 bits per heavy atom. The minimum atomic E-state index is 0.0263. The number of amides is 1. The van der Waals surface area contributed by atoms with Crippen LogP contribution in [-0.2, 0) is 11.3 Å². The topological polar surface area (TPSA) is 72.1 Å². The number of hydrogen-bond donors (Lipinski definition) is 1. The molecular formula is C14H16N4OS2. The smallest absolute Gasteiger partial charge is 0.233 e. The molecule has 0 saturated heterocycles. The van der Waals surface area contributed by atoms with Gasteiger partial charge in [-0.15, -0.1) is 17.9 Å². The molecule has 2 aromatic heterocycles. The SMILES string of the molecule is C=CCN(Cc1cccs1)C(=O)CSc1nccnc1N. The van der Waals surface area contributed by atoms with Crippen LogP contribution in [0.3, 0.4) is 0 Å². The first-order chi connectivity index (χ1) is 10.2. The van der Waals surface area contributed by atoms with Crippen molar-refractivity contribution in [2.45, 2.75) is 11.6 Å². The van der Waals surface area contributed by atoms with Crippen LogP contribution in [0.1, 0.15) is 4.88 Å². The summed E-state index contributed by atoms with van der Waals surface area (Å²) in [6.07, 6.45) is 4.82. The minimum absolute atomic E-state index is 0.0263. The summed E-state index contributed by atoms with van der Waals surface area (Å²) in [6.45, 7) is 4.82. The van der Waals surface area contributed by atoms with Crippen LogP contribution < -0.4 is 5.73 Å². The minimum Gasteiger partial charge on any atom is -0.381 e. The fraction of sp³-hybridized carbons (Fsp3) is 0.214. The molecule has 0 aliphatic carbocycles. The van der Waals surface area contributed by atoms with Crippen LogP contribution in [0.2, 0.25) is 0 Å². The number of carbonyl (C=O) groups excluding carboxylic acids is 1. The van der Waals surface area contributed by atoms with Crippen molar-refractivity contribution >= 4 is 34.8 Å². The van der Waals surface area contributed by atoms with Gasteiger partial charge in [0.1, 0.15) is 5.03 Å². The number of hydrogen-bond acceptors (Lipinski definition) is 6. The highest BCUT2D eigenvalue weighted by Crippen LogP contribution is 2.21. The van der Waals surface area contributed by atoms with Gasteiger partial charge in [0.15, 0.2) is 5.82 Å². The number of nitrogen functional groups attached to an aromatic ring is 1. The molecule has 0 radical (unpaired) electrons. The lowest BCUT2D eigenvalue weighted by molar-refractivity contribution is -0.128. The number of anilines is 1. The molecule has 0 fully saturated rings. The van der Waals surface area contributed by atoms with Gasteiger partial charge in [-0.25, -0.2) is 9.97 Å². The Labute approximate surface area is 131 Å². The van der Waals surface area contributed by atoms with Gasteiger partial charge in [-0.2, -0.15) is 0 Å². The number of rotatable bonds is 7. The number of nitrogens with zero attached hydrogens (tertiary/aromatic N) is 3. The Bertz CT molecular complexity index is 601. The maximum Gasteiger partial charge on any atom is 0.233 e. The fourth-order valence-corrected chi connectivity index (χ4v) is 3.17. The van der Waals surface area contributed by atoms with Gasteiger partial charge in [0.2, 0.25) is 5.91 Å². The molecule has 0 spiro atoms. The third kappa shape index (κ3) is 4.57. The van der Waals surface area contributed by atoms with Crippen molar-refractivity contribution in [3.63, 3.8) is 0 Å². The fourth-order valence-electron chi connectivity index (χ4n) is 1.67. The highest BCUT2D eigenvalue weighted by molar-refractivity contribution is 8.00. The van der Waals surface area contributed by atoms with E-state index in [-0.39, 0.29) is 11.7 Å². The van der Waals surface area contributed by atoms with Crippen LogP contribution in [0, 0.1) is 0 Å². The maximum absolute atomic E-state index is 12.3. The van der Waals surface area contributed by atoms with Crippen molar-refractivity contribution in [1.82, 2.24) is 14.9 Å². The van der Waals surface area contributed by atoms with E-state index in [0.29, 0.717) is 23.9 Å². The molecule has 0 aliphatic rings. The third-order valence-corrected chi connectivity index (χ3v) is 4.49. The summed E-state index contributed by atoms with van der Waals surface area (Å²) in [5, 5.41) is 2.58. The molecular weight excluding hydrogens is 304 g/mol. The number of thiophene rings is 1. The molecule has 0 saturated carbocycles. The van der Waals surface area contributed by atoms with Gasteiger partial charge in [-0.05, 0) is 11.4 Å². The van der Waals surface area contributed by atoms with Crippen molar-refractivity contribution in [3.8, 4) is 0 Å². The molecule has 2 rings (SSSR count). The van der Waals surface area contributed by atoms with Crippen LogP contribution in [0.15, 0.2) is 47.6 Å². The van der Waals surface area contributed by atoms with Gasteiger partial charge in [0.25, 0.3) is 0 Å². The Morgan fingerprint density at radius 3 is 2.95 bits per heavy atom. The number of thioether (sulfide) groups is 1. The van der Waals surface area contributed by atoms with Crippen molar-refractivity contribution in [1.29, 1.82) is 0 Å². The molecule has 0 aliphatic heterocycles. The lowest BCUT2D eigenvalue weighted by atomic mass is 10.4. The van der Waals surface area contributed by atoms with Crippen LogP contribution in [0.25, 0.3) is 0 Å². The van der Waals surface area contributed by atoms with Gasteiger partial charge < -0.3 is 10.6 Å². The average Bonchev–Trinajstić information content (AvgIpc) is 2.99.